The average Bonchev–Trinajstić information content (AvgIpc) is 2.94. The number of thioether (sulfide) groups is 1. The topological polar surface area (TPSA) is 34.0 Å². The van der Waals surface area contributed by atoms with Gasteiger partial charge in [0.25, 0.3) is 0 Å². The summed E-state index contributed by atoms with van der Waals surface area (Å²) in [6.45, 7) is 2.12. The molecular formula is C19H22N4S. The first kappa shape index (κ1) is 16.6. The van der Waals surface area contributed by atoms with Gasteiger partial charge in [-0.15, -0.1) is 10.2 Å². The van der Waals surface area contributed by atoms with Crippen molar-refractivity contribution in [3.8, 4) is 11.4 Å². The molecule has 3 rings (SSSR count). The van der Waals surface area contributed by atoms with Crippen molar-refractivity contribution in [2.45, 2.75) is 17.8 Å². The van der Waals surface area contributed by atoms with E-state index in [9.17, 15) is 0 Å². The maximum Gasteiger partial charge on any atom is 0.191 e. The molecule has 0 aliphatic rings. The fraction of sp³-hybridized carbons (Fsp3) is 0.263. The maximum absolute atomic E-state index is 4.37. The maximum atomic E-state index is 4.37. The molecule has 0 aliphatic heterocycles. The number of anilines is 1. The lowest BCUT2D eigenvalue weighted by Crippen LogP contribution is -2.08. The molecule has 0 saturated carbocycles. The van der Waals surface area contributed by atoms with Crippen LogP contribution in [0.5, 0.6) is 0 Å². The highest BCUT2D eigenvalue weighted by molar-refractivity contribution is 7.98. The second-order valence-electron chi connectivity index (χ2n) is 6.08. The zero-order chi connectivity index (χ0) is 17.1. The predicted molar refractivity (Wildman–Crippen MR) is 102 cm³/mol. The van der Waals surface area contributed by atoms with Crippen LogP contribution in [0.4, 0.5) is 5.69 Å². The Balaban J connectivity index is 1.76. The molecule has 0 spiro atoms. The Bertz CT molecular complexity index is 822. The van der Waals surface area contributed by atoms with Gasteiger partial charge in [0, 0.05) is 38.1 Å². The number of aromatic nitrogens is 3. The summed E-state index contributed by atoms with van der Waals surface area (Å²) in [4.78, 5) is 2.09. The zero-order valence-electron chi connectivity index (χ0n) is 14.5. The first-order valence-electron chi connectivity index (χ1n) is 7.90. The van der Waals surface area contributed by atoms with Crippen LogP contribution in [0.15, 0.2) is 53.7 Å². The van der Waals surface area contributed by atoms with E-state index < -0.39 is 0 Å². The molecular weight excluding hydrogens is 316 g/mol. The van der Waals surface area contributed by atoms with E-state index in [1.807, 2.05) is 21.1 Å². The van der Waals surface area contributed by atoms with Crippen LogP contribution in [0.3, 0.4) is 0 Å². The summed E-state index contributed by atoms with van der Waals surface area (Å²) in [5, 5.41) is 9.66. The van der Waals surface area contributed by atoms with Gasteiger partial charge in [0.05, 0.1) is 0 Å². The van der Waals surface area contributed by atoms with Crippen molar-refractivity contribution < 1.29 is 0 Å². The van der Waals surface area contributed by atoms with Gasteiger partial charge in [-0.05, 0) is 36.8 Å². The summed E-state index contributed by atoms with van der Waals surface area (Å²) < 4.78 is 2.06. The van der Waals surface area contributed by atoms with Gasteiger partial charge < -0.3 is 9.47 Å². The van der Waals surface area contributed by atoms with Crippen molar-refractivity contribution in [1.82, 2.24) is 14.8 Å². The van der Waals surface area contributed by atoms with Gasteiger partial charge >= 0.3 is 0 Å². The van der Waals surface area contributed by atoms with Crippen molar-refractivity contribution in [2.24, 2.45) is 7.05 Å². The van der Waals surface area contributed by atoms with E-state index in [4.69, 9.17) is 0 Å². The molecule has 0 atom stereocenters. The lowest BCUT2D eigenvalue weighted by atomic mass is 10.2. The number of aryl methyl sites for hydroxylation is 1. The fourth-order valence-electron chi connectivity index (χ4n) is 2.55. The molecule has 0 fully saturated rings. The Morgan fingerprint density at radius 3 is 2.46 bits per heavy atom. The van der Waals surface area contributed by atoms with Crippen LogP contribution in [0.1, 0.15) is 11.1 Å². The van der Waals surface area contributed by atoms with E-state index in [1.165, 1.54) is 16.8 Å². The van der Waals surface area contributed by atoms with Crippen LogP contribution in [0.25, 0.3) is 11.4 Å². The summed E-state index contributed by atoms with van der Waals surface area (Å²) in [7, 11) is 6.10. The highest BCUT2D eigenvalue weighted by Gasteiger charge is 2.11. The van der Waals surface area contributed by atoms with Crippen LogP contribution in [-0.4, -0.2) is 28.9 Å². The Morgan fingerprint density at radius 2 is 1.79 bits per heavy atom. The lowest BCUT2D eigenvalue weighted by Gasteiger charge is -2.12. The zero-order valence-corrected chi connectivity index (χ0v) is 15.3. The third-order valence-corrected chi connectivity index (χ3v) is 5.02. The van der Waals surface area contributed by atoms with Gasteiger partial charge in [0.15, 0.2) is 11.0 Å². The Labute approximate surface area is 147 Å². The molecule has 4 nitrogen and oxygen atoms in total. The minimum Gasteiger partial charge on any atom is -0.378 e. The van der Waals surface area contributed by atoms with Gasteiger partial charge in [0.2, 0.25) is 0 Å². The van der Waals surface area contributed by atoms with E-state index in [-0.39, 0.29) is 0 Å². The van der Waals surface area contributed by atoms with Crippen LogP contribution >= 0.6 is 11.8 Å². The first-order chi connectivity index (χ1) is 11.5. The second-order valence-corrected chi connectivity index (χ2v) is 7.03. The molecule has 124 valence electrons. The Kier molecular flexibility index (Phi) is 4.90. The molecule has 0 aliphatic carbocycles. The van der Waals surface area contributed by atoms with E-state index >= 15 is 0 Å². The summed E-state index contributed by atoms with van der Waals surface area (Å²) in [5.74, 6) is 1.79. The molecule has 0 amide bonds. The van der Waals surface area contributed by atoms with Gasteiger partial charge in [-0.1, -0.05) is 41.6 Å². The summed E-state index contributed by atoms with van der Waals surface area (Å²) >= 11 is 1.71. The number of rotatable bonds is 5. The molecule has 0 saturated heterocycles. The molecule has 1 aromatic heterocycles. The lowest BCUT2D eigenvalue weighted by molar-refractivity contribution is 0.794. The van der Waals surface area contributed by atoms with Gasteiger partial charge in [0.1, 0.15) is 0 Å². The minimum absolute atomic E-state index is 0.895. The van der Waals surface area contributed by atoms with E-state index in [0.29, 0.717) is 0 Å². The fourth-order valence-corrected chi connectivity index (χ4v) is 3.40. The van der Waals surface area contributed by atoms with Crippen molar-refractivity contribution in [1.29, 1.82) is 0 Å². The van der Waals surface area contributed by atoms with Crippen LogP contribution in [-0.2, 0) is 12.8 Å². The summed E-state index contributed by atoms with van der Waals surface area (Å²) in [6.07, 6.45) is 0. The van der Waals surface area contributed by atoms with E-state index in [2.05, 4.69) is 75.1 Å². The molecule has 0 unspecified atom stereocenters. The molecule has 3 aromatic rings. The van der Waals surface area contributed by atoms with Crippen LogP contribution in [0, 0.1) is 6.92 Å². The van der Waals surface area contributed by atoms with Crippen molar-refractivity contribution >= 4 is 17.4 Å². The van der Waals surface area contributed by atoms with Crippen LogP contribution < -0.4 is 4.90 Å². The molecule has 1 heterocycles. The Morgan fingerprint density at radius 1 is 1.04 bits per heavy atom. The standard InChI is InChI=1S/C19H22N4S/c1-14-6-5-7-15(12-14)13-24-19-21-20-18(23(19)4)16-8-10-17(11-9-16)22(2)3/h5-12H,13H2,1-4H3. The molecule has 24 heavy (non-hydrogen) atoms. The van der Waals surface area contributed by atoms with Gasteiger partial charge in [-0.2, -0.15) is 0 Å². The van der Waals surface area contributed by atoms with Crippen molar-refractivity contribution in [3.63, 3.8) is 0 Å². The summed E-state index contributed by atoms with van der Waals surface area (Å²) in [5.41, 5.74) is 4.85. The molecule has 5 heteroatoms. The SMILES string of the molecule is Cc1cccc(CSc2nnc(-c3ccc(N(C)C)cc3)n2C)c1. The normalized spacial score (nSPS) is 10.8. The smallest absolute Gasteiger partial charge is 0.191 e. The largest absolute Gasteiger partial charge is 0.378 e. The third-order valence-electron chi connectivity index (χ3n) is 3.93. The number of hydrogen-bond donors (Lipinski definition) is 0. The monoisotopic (exact) mass is 338 g/mol. The Hall–Kier alpha value is -2.27. The predicted octanol–water partition coefficient (Wildman–Crippen LogP) is 4.15. The quantitative estimate of drug-likeness (QED) is 0.655. The minimum atomic E-state index is 0.895. The number of nitrogens with zero attached hydrogens (tertiary/aromatic N) is 4. The average molecular weight is 338 g/mol. The molecule has 0 radical (unpaired) electrons. The number of hydrogen-bond acceptors (Lipinski definition) is 4. The molecule has 0 N–H and O–H groups in total. The highest BCUT2D eigenvalue weighted by Crippen LogP contribution is 2.26. The van der Waals surface area contributed by atoms with E-state index in [1.54, 1.807) is 11.8 Å². The first-order valence-corrected chi connectivity index (χ1v) is 8.88. The number of benzene rings is 2. The van der Waals surface area contributed by atoms with Gasteiger partial charge in [-0.25, -0.2) is 0 Å². The van der Waals surface area contributed by atoms with Crippen LogP contribution in [0.2, 0.25) is 0 Å². The van der Waals surface area contributed by atoms with Crippen molar-refractivity contribution in [3.05, 3.63) is 59.7 Å². The summed E-state index contributed by atoms with van der Waals surface area (Å²) in [6, 6.07) is 17.0. The van der Waals surface area contributed by atoms with E-state index in [0.717, 1.165) is 22.3 Å². The van der Waals surface area contributed by atoms with Gasteiger partial charge in [-0.3, -0.25) is 0 Å². The highest BCUT2D eigenvalue weighted by atomic mass is 32.2. The molecule has 0 bridgehead atoms. The van der Waals surface area contributed by atoms with Crippen molar-refractivity contribution in [2.75, 3.05) is 19.0 Å². The third kappa shape index (κ3) is 3.62. The molecule has 2 aromatic carbocycles. The second kappa shape index (κ2) is 7.09.